The second-order valence-corrected chi connectivity index (χ2v) is 3.49. The van der Waals surface area contributed by atoms with Crippen LogP contribution in [-0.4, -0.2) is 9.97 Å². The van der Waals surface area contributed by atoms with E-state index >= 15 is 0 Å². The van der Waals surface area contributed by atoms with Gasteiger partial charge in [-0.25, -0.2) is 4.98 Å². The Morgan fingerprint density at radius 2 is 1.88 bits per heavy atom. The third kappa shape index (κ3) is 1.52. The van der Waals surface area contributed by atoms with Gasteiger partial charge in [-0.1, -0.05) is 30.3 Å². The molecule has 16 heavy (non-hydrogen) atoms. The molecule has 0 spiro atoms. The number of imidazole rings is 1. The van der Waals surface area contributed by atoms with Crippen molar-refractivity contribution in [1.29, 1.82) is 0 Å². The smallest absolute Gasteiger partial charge is 0.151 e. The standard InChI is InChI=1S/C13H10N2O/c1-2-5-10(6-3-1)13-14-9-11(15-13)12-7-4-8-16-12/h1-9H,(H,14,15). The van der Waals surface area contributed by atoms with Crippen LogP contribution in [0.1, 0.15) is 0 Å². The van der Waals surface area contributed by atoms with E-state index in [1.54, 1.807) is 12.5 Å². The molecule has 0 saturated heterocycles. The summed E-state index contributed by atoms with van der Waals surface area (Å²) in [6, 6.07) is 13.8. The largest absolute Gasteiger partial charge is 0.463 e. The van der Waals surface area contributed by atoms with Crippen LogP contribution in [0.25, 0.3) is 22.8 Å². The zero-order valence-corrected chi connectivity index (χ0v) is 8.55. The summed E-state index contributed by atoms with van der Waals surface area (Å²) >= 11 is 0. The lowest BCUT2D eigenvalue weighted by atomic mass is 10.2. The molecule has 0 aliphatic carbocycles. The first-order valence-corrected chi connectivity index (χ1v) is 5.08. The van der Waals surface area contributed by atoms with Crippen LogP contribution >= 0.6 is 0 Å². The van der Waals surface area contributed by atoms with Gasteiger partial charge in [0, 0.05) is 5.56 Å². The predicted molar refractivity (Wildman–Crippen MR) is 61.7 cm³/mol. The number of hydrogen-bond acceptors (Lipinski definition) is 2. The first kappa shape index (κ1) is 8.97. The fourth-order valence-electron chi connectivity index (χ4n) is 1.62. The highest BCUT2D eigenvalue weighted by molar-refractivity contribution is 5.60. The molecule has 3 rings (SSSR count). The molecular formula is C13H10N2O. The number of nitrogens with one attached hydrogen (secondary N) is 1. The number of nitrogens with zero attached hydrogens (tertiary/aromatic N) is 1. The van der Waals surface area contributed by atoms with Gasteiger partial charge in [-0.3, -0.25) is 0 Å². The van der Waals surface area contributed by atoms with Crippen molar-refractivity contribution in [2.24, 2.45) is 0 Å². The van der Waals surface area contributed by atoms with E-state index in [9.17, 15) is 0 Å². The van der Waals surface area contributed by atoms with Gasteiger partial charge in [0.1, 0.15) is 11.5 Å². The minimum absolute atomic E-state index is 0.801. The first-order valence-electron chi connectivity index (χ1n) is 5.08. The minimum Gasteiger partial charge on any atom is -0.463 e. The van der Waals surface area contributed by atoms with Crippen molar-refractivity contribution >= 4 is 0 Å². The van der Waals surface area contributed by atoms with Gasteiger partial charge < -0.3 is 9.40 Å². The van der Waals surface area contributed by atoms with Crippen LogP contribution in [-0.2, 0) is 0 Å². The minimum atomic E-state index is 0.801. The SMILES string of the molecule is c1ccc(-c2ncc(-c3ccco3)[nH]2)cc1. The Bertz CT molecular complexity index is 567. The molecule has 0 radical (unpaired) electrons. The fraction of sp³-hybridized carbons (Fsp3) is 0. The molecular weight excluding hydrogens is 200 g/mol. The van der Waals surface area contributed by atoms with Crippen LogP contribution in [0.3, 0.4) is 0 Å². The Hall–Kier alpha value is -2.29. The lowest BCUT2D eigenvalue weighted by Crippen LogP contribution is -1.79. The Kier molecular flexibility index (Phi) is 2.07. The summed E-state index contributed by atoms with van der Waals surface area (Å²) < 4.78 is 5.30. The third-order valence-electron chi connectivity index (χ3n) is 2.41. The van der Waals surface area contributed by atoms with Crippen molar-refractivity contribution in [3.05, 3.63) is 54.9 Å². The summed E-state index contributed by atoms with van der Waals surface area (Å²) in [5.74, 6) is 1.65. The van der Waals surface area contributed by atoms with Crippen molar-refractivity contribution in [2.75, 3.05) is 0 Å². The average molecular weight is 210 g/mol. The summed E-state index contributed by atoms with van der Waals surface area (Å²) in [4.78, 5) is 7.55. The van der Waals surface area contributed by atoms with E-state index in [-0.39, 0.29) is 0 Å². The Morgan fingerprint density at radius 3 is 2.62 bits per heavy atom. The summed E-state index contributed by atoms with van der Waals surface area (Å²) in [6.45, 7) is 0. The lowest BCUT2D eigenvalue weighted by molar-refractivity contribution is 0.580. The normalized spacial score (nSPS) is 10.5. The number of hydrogen-bond donors (Lipinski definition) is 1. The van der Waals surface area contributed by atoms with Crippen molar-refractivity contribution in [3.63, 3.8) is 0 Å². The van der Waals surface area contributed by atoms with Crippen LogP contribution < -0.4 is 0 Å². The molecule has 0 saturated carbocycles. The molecule has 1 aromatic carbocycles. The van der Waals surface area contributed by atoms with Crippen molar-refractivity contribution in [1.82, 2.24) is 9.97 Å². The van der Waals surface area contributed by atoms with Gasteiger partial charge in [0.05, 0.1) is 12.5 Å². The maximum absolute atomic E-state index is 5.30. The number of furan rings is 1. The molecule has 0 amide bonds. The van der Waals surface area contributed by atoms with Gasteiger partial charge in [-0.05, 0) is 12.1 Å². The molecule has 78 valence electrons. The van der Waals surface area contributed by atoms with E-state index in [1.807, 2.05) is 42.5 Å². The van der Waals surface area contributed by atoms with Gasteiger partial charge in [0.25, 0.3) is 0 Å². The van der Waals surface area contributed by atoms with Crippen molar-refractivity contribution in [2.45, 2.75) is 0 Å². The third-order valence-corrected chi connectivity index (χ3v) is 2.41. The van der Waals surface area contributed by atoms with E-state index in [0.717, 1.165) is 22.8 Å². The summed E-state index contributed by atoms with van der Waals surface area (Å²) in [5.41, 5.74) is 1.96. The quantitative estimate of drug-likeness (QED) is 0.704. The van der Waals surface area contributed by atoms with Gasteiger partial charge in [0.2, 0.25) is 0 Å². The molecule has 0 unspecified atom stereocenters. The molecule has 0 fully saturated rings. The van der Waals surface area contributed by atoms with Crippen LogP contribution in [0.4, 0.5) is 0 Å². The Labute approximate surface area is 92.8 Å². The number of benzene rings is 1. The highest BCUT2D eigenvalue weighted by atomic mass is 16.3. The Balaban J connectivity index is 2.00. The molecule has 0 bridgehead atoms. The average Bonchev–Trinajstić information content (AvgIpc) is 3.01. The molecule has 2 aromatic heterocycles. The zero-order valence-electron chi connectivity index (χ0n) is 8.55. The summed E-state index contributed by atoms with van der Waals surface area (Å²) in [7, 11) is 0. The summed E-state index contributed by atoms with van der Waals surface area (Å²) in [5, 5.41) is 0. The van der Waals surface area contributed by atoms with E-state index < -0.39 is 0 Å². The van der Waals surface area contributed by atoms with E-state index in [1.165, 1.54) is 0 Å². The van der Waals surface area contributed by atoms with Gasteiger partial charge in [-0.2, -0.15) is 0 Å². The van der Waals surface area contributed by atoms with E-state index in [4.69, 9.17) is 4.42 Å². The molecule has 0 atom stereocenters. The molecule has 3 aromatic rings. The Morgan fingerprint density at radius 1 is 1.00 bits per heavy atom. The number of aromatic nitrogens is 2. The number of rotatable bonds is 2. The second-order valence-electron chi connectivity index (χ2n) is 3.49. The summed E-state index contributed by atoms with van der Waals surface area (Å²) in [6.07, 6.45) is 3.43. The molecule has 1 N–H and O–H groups in total. The molecule has 0 aliphatic rings. The highest BCUT2D eigenvalue weighted by Crippen LogP contribution is 2.21. The fourth-order valence-corrected chi connectivity index (χ4v) is 1.62. The predicted octanol–water partition coefficient (Wildman–Crippen LogP) is 3.34. The molecule has 3 heteroatoms. The number of H-pyrrole nitrogens is 1. The van der Waals surface area contributed by atoms with Crippen molar-refractivity contribution < 1.29 is 4.42 Å². The van der Waals surface area contributed by atoms with Crippen LogP contribution in [0.2, 0.25) is 0 Å². The second kappa shape index (κ2) is 3.70. The first-order chi connectivity index (χ1) is 7.93. The molecule has 0 aliphatic heterocycles. The highest BCUT2D eigenvalue weighted by Gasteiger charge is 2.06. The zero-order chi connectivity index (χ0) is 10.8. The lowest BCUT2D eigenvalue weighted by Gasteiger charge is -1.94. The van der Waals surface area contributed by atoms with Gasteiger partial charge >= 0.3 is 0 Å². The van der Waals surface area contributed by atoms with Crippen LogP contribution in [0.5, 0.6) is 0 Å². The van der Waals surface area contributed by atoms with Crippen molar-refractivity contribution in [3.8, 4) is 22.8 Å². The van der Waals surface area contributed by atoms with E-state index in [2.05, 4.69) is 9.97 Å². The molecule has 2 heterocycles. The monoisotopic (exact) mass is 210 g/mol. The van der Waals surface area contributed by atoms with Crippen LogP contribution in [0, 0.1) is 0 Å². The maximum Gasteiger partial charge on any atom is 0.151 e. The van der Waals surface area contributed by atoms with E-state index in [0.29, 0.717) is 0 Å². The number of aromatic amines is 1. The topological polar surface area (TPSA) is 41.8 Å². The molecule has 3 nitrogen and oxygen atoms in total. The van der Waals surface area contributed by atoms with Gasteiger partial charge in [-0.15, -0.1) is 0 Å². The van der Waals surface area contributed by atoms with Gasteiger partial charge in [0.15, 0.2) is 5.76 Å². The van der Waals surface area contributed by atoms with Crippen LogP contribution in [0.15, 0.2) is 59.3 Å². The maximum atomic E-state index is 5.30.